The molecule has 0 aliphatic heterocycles. The number of ether oxygens (including phenoxy) is 2. The molecule has 0 spiro atoms. The third-order valence-electron chi connectivity index (χ3n) is 9.66. The molecule has 0 rings (SSSR count). The Bertz CT molecular complexity index is 872. The van der Waals surface area contributed by atoms with E-state index in [1.54, 1.807) is 0 Å². The highest BCUT2D eigenvalue weighted by Gasteiger charge is 2.40. The first-order chi connectivity index (χ1) is 24.7. The summed E-state index contributed by atoms with van der Waals surface area (Å²) in [7, 11) is 0. The highest BCUT2D eigenvalue weighted by molar-refractivity contribution is 5.88. The van der Waals surface area contributed by atoms with Gasteiger partial charge in [0.05, 0.1) is 6.04 Å². The lowest BCUT2D eigenvalue weighted by Gasteiger charge is -2.34. The van der Waals surface area contributed by atoms with Gasteiger partial charge in [0.1, 0.15) is 0 Å². The van der Waals surface area contributed by atoms with Gasteiger partial charge in [0.25, 0.3) is 6.23 Å². The zero-order valence-electron chi connectivity index (χ0n) is 33.2. The molecule has 0 saturated carbocycles. The van der Waals surface area contributed by atoms with E-state index in [9.17, 15) is 24.3 Å². The Labute approximate surface area is 311 Å². The summed E-state index contributed by atoms with van der Waals surface area (Å²) in [6.45, 7) is 6.19. The van der Waals surface area contributed by atoms with Crippen LogP contribution < -0.4 is 11.5 Å². The normalized spacial score (nSPS) is 13.0. The first kappa shape index (κ1) is 48.8. The van der Waals surface area contributed by atoms with Crippen molar-refractivity contribution in [3.8, 4) is 0 Å². The Kier molecular flexibility index (Phi) is 33.4. The van der Waals surface area contributed by atoms with Crippen molar-refractivity contribution in [1.29, 1.82) is 0 Å². The Balaban J connectivity index is 4.70. The number of aliphatic carboxylic acids is 1. The number of hydrogen-bond acceptors (Lipinski definition) is 8. The molecule has 0 bridgehead atoms. The van der Waals surface area contributed by atoms with Crippen LogP contribution in [-0.4, -0.2) is 58.9 Å². The predicted molar refractivity (Wildman–Crippen MR) is 207 cm³/mol. The van der Waals surface area contributed by atoms with Gasteiger partial charge in [-0.3, -0.25) is 19.3 Å². The number of esters is 2. The molecule has 0 aromatic carbocycles. The molecular weight excluding hydrogens is 646 g/mol. The first-order valence-corrected chi connectivity index (χ1v) is 21.1. The average molecular weight is 726 g/mol. The van der Waals surface area contributed by atoms with E-state index < -0.39 is 42.3 Å². The van der Waals surface area contributed by atoms with Gasteiger partial charge in [-0.2, -0.15) is 0 Å². The van der Waals surface area contributed by atoms with Crippen molar-refractivity contribution >= 4 is 23.8 Å². The quantitative estimate of drug-likeness (QED) is 0.0321. The zero-order valence-corrected chi connectivity index (χ0v) is 33.2. The lowest BCUT2D eigenvalue weighted by atomic mass is 10.0. The van der Waals surface area contributed by atoms with Crippen molar-refractivity contribution in [1.82, 2.24) is 4.90 Å². The fourth-order valence-electron chi connectivity index (χ4n) is 6.43. The van der Waals surface area contributed by atoms with Gasteiger partial charge >= 0.3 is 17.9 Å². The number of nitrogens with two attached hydrogens (primary N) is 2. The SMILES string of the molecule is CCCCCCCCCCCCCCCC(=O)OC(C)N(C(=O)[C@@H](N)CCCN)C(OC(=O)CCCCCCCCCCCCCCC)C(=O)O. The molecule has 2 unspecified atom stereocenters. The molecule has 0 heterocycles. The minimum Gasteiger partial charge on any atom is -0.477 e. The summed E-state index contributed by atoms with van der Waals surface area (Å²) in [6.07, 6.45) is 28.1. The number of nitrogens with zero attached hydrogens (tertiary/aromatic N) is 1. The van der Waals surface area contributed by atoms with Crippen molar-refractivity contribution in [3.05, 3.63) is 0 Å². The van der Waals surface area contributed by atoms with E-state index in [0.29, 0.717) is 25.8 Å². The van der Waals surface area contributed by atoms with Crippen molar-refractivity contribution in [3.63, 3.8) is 0 Å². The molecule has 0 aliphatic rings. The second-order valence-corrected chi connectivity index (χ2v) is 14.5. The molecule has 0 radical (unpaired) electrons. The smallest absolute Gasteiger partial charge is 0.367 e. The summed E-state index contributed by atoms with van der Waals surface area (Å²) in [6, 6.07) is -1.09. The van der Waals surface area contributed by atoms with E-state index in [0.717, 1.165) is 43.4 Å². The Hall–Kier alpha value is -2.20. The fourth-order valence-corrected chi connectivity index (χ4v) is 6.43. The molecule has 0 fully saturated rings. The van der Waals surface area contributed by atoms with E-state index in [1.165, 1.54) is 122 Å². The monoisotopic (exact) mass is 726 g/mol. The first-order valence-electron chi connectivity index (χ1n) is 21.1. The molecule has 51 heavy (non-hydrogen) atoms. The number of carbonyl (C=O) groups excluding carboxylic acids is 3. The topological polar surface area (TPSA) is 162 Å². The minimum atomic E-state index is -1.96. The second kappa shape index (κ2) is 34.9. The van der Waals surface area contributed by atoms with Crippen LogP contribution in [0.15, 0.2) is 0 Å². The summed E-state index contributed by atoms with van der Waals surface area (Å²) in [5.41, 5.74) is 11.7. The van der Waals surface area contributed by atoms with Crippen LogP contribution in [0.3, 0.4) is 0 Å². The summed E-state index contributed by atoms with van der Waals surface area (Å²) in [5.74, 6) is -3.57. The lowest BCUT2D eigenvalue weighted by Crippen LogP contribution is -2.57. The third kappa shape index (κ3) is 28.0. The van der Waals surface area contributed by atoms with Crippen LogP contribution in [0, 0.1) is 0 Å². The molecule has 1 amide bonds. The van der Waals surface area contributed by atoms with Gasteiger partial charge in [0, 0.05) is 12.8 Å². The van der Waals surface area contributed by atoms with Gasteiger partial charge in [-0.15, -0.1) is 0 Å². The van der Waals surface area contributed by atoms with E-state index in [4.69, 9.17) is 20.9 Å². The average Bonchev–Trinajstić information content (AvgIpc) is 3.10. The van der Waals surface area contributed by atoms with Crippen molar-refractivity contribution < 1.29 is 33.8 Å². The minimum absolute atomic E-state index is 0.0377. The molecular formula is C41H79N3O7. The number of unbranched alkanes of at least 4 members (excludes halogenated alkanes) is 24. The zero-order chi connectivity index (χ0) is 38.0. The van der Waals surface area contributed by atoms with Gasteiger partial charge in [-0.05, 0) is 39.2 Å². The maximum Gasteiger partial charge on any atom is 0.367 e. The van der Waals surface area contributed by atoms with E-state index in [2.05, 4.69) is 13.8 Å². The van der Waals surface area contributed by atoms with Crippen LogP contribution >= 0.6 is 0 Å². The number of carbonyl (C=O) groups is 4. The maximum atomic E-state index is 13.4. The summed E-state index contributed by atoms with van der Waals surface area (Å²) in [4.78, 5) is 52.0. The highest BCUT2D eigenvalue weighted by atomic mass is 16.6. The number of carboxylic acids is 1. The van der Waals surface area contributed by atoms with Crippen LogP contribution in [0.4, 0.5) is 0 Å². The van der Waals surface area contributed by atoms with Crippen LogP contribution in [0.25, 0.3) is 0 Å². The Morgan fingerprint density at radius 3 is 1.22 bits per heavy atom. The molecule has 3 atom stereocenters. The van der Waals surface area contributed by atoms with E-state index in [-0.39, 0.29) is 19.3 Å². The third-order valence-corrected chi connectivity index (χ3v) is 9.66. The number of amides is 1. The van der Waals surface area contributed by atoms with E-state index >= 15 is 0 Å². The number of carboxylic acid groups (broad SMARTS) is 1. The van der Waals surface area contributed by atoms with Crippen molar-refractivity contribution in [2.24, 2.45) is 11.5 Å². The molecule has 0 aliphatic carbocycles. The largest absolute Gasteiger partial charge is 0.477 e. The van der Waals surface area contributed by atoms with Gasteiger partial charge in [-0.1, -0.05) is 168 Å². The summed E-state index contributed by atoms with van der Waals surface area (Å²) in [5, 5.41) is 10.0. The lowest BCUT2D eigenvalue weighted by molar-refractivity contribution is -0.199. The molecule has 10 nitrogen and oxygen atoms in total. The molecule has 10 heteroatoms. The van der Waals surface area contributed by atoms with Gasteiger partial charge in [0.15, 0.2) is 6.23 Å². The van der Waals surface area contributed by atoms with Crippen LogP contribution in [-0.2, 0) is 28.7 Å². The van der Waals surface area contributed by atoms with Crippen LogP contribution in [0.5, 0.6) is 0 Å². The van der Waals surface area contributed by atoms with Crippen LogP contribution in [0.2, 0.25) is 0 Å². The highest BCUT2D eigenvalue weighted by Crippen LogP contribution is 2.18. The number of hydrogen-bond donors (Lipinski definition) is 3. The molecule has 5 N–H and O–H groups in total. The molecule has 300 valence electrons. The van der Waals surface area contributed by atoms with Gasteiger partial charge in [0.2, 0.25) is 5.91 Å². The van der Waals surface area contributed by atoms with Crippen molar-refractivity contribution in [2.45, 2.75) is 232 Å². The van der Waals surface area contributed by atoms with Crippen LogP contribution in [0.1, 0.15) is 213 Å². The second-order valence-electron chi connectivity index (χ2n) is 14.5. The summed E-state index contributed by atoms with van der Waals surface area (Å²) >= 11 is 0. The maximum absolute atomic E-state index is 13.4. The van der Waals surface area contributed by atoms with Gasteiger partial charge < -0.3 is 26.0 Å². The number of rotatable bonds is 37. The Morgan fingerprint density at radius 1 is 0.549 bits per heavy atom. The molecule has 0 aromatic heterocycles. The standard InChI is InChI=1S/C41H79N3O7/c1-4-6-8-10-12-14-16-18-20-22-24-26-28-32-37(45)50-35(3)44(39(47)36(43)31-30-34-42)40(41(48)49)51-38(46)33-29-27-25-23-21-19-17-15-13-11-9-7-5-2/h35-36,40H,4-34,42-43H2,1-3H3,(H,48,49)/t35?,36-,40?/m0/s1. The van der Waals surface area contributed by atoms with Gasteiger partial charge in [-0.25, -0.2) is 4.79 Å². The predicted octanol–water partition coefficient (Wildman–Crippen LogP) is 9.69. The fraction of sp³-hybridized carbons (Fsp3) is 0.902. The molecule has 0 saturated heterocycles. The molecule has 0 aromatic rings. The van der Waals surface area contributed by atoms with E-state index in [1.807, 2.05) is 0 Å². The Morgan fingerprint density at radius 2 is 0.882 bits per heavy atom. The summed E-state index contributed by atoms with van der Waals surface area (Å²) < 4.78 is 10.9. The van der Waals surface area contributed by atoms with Crippen molar-refractivity contribution in [2.75, 3.05) is 6.54 Å².